The average molecular weight is 300 g/mol. The molecule has 0 radical (unpaired) electrons. The van der Waals surface area contributed by atoms with Crippen molar-refractivity contribution < 1.29 is 9.13 Å². The summed E-state index contributed by atoms with van der Waals surface area (Å²) in [5.41, 5.74) is 6.45. The summed E-state index contributed by atoms with van der Waals surface area (Å²) in [6.07, 6.45) is -0.436. The van der Waals surface area contributed by atoms with Crippen LogP contribution in [-0.2, 0) is 0 Å². The molecule has 0 aromatic heterocycles. The zero-order valence-electron chi connectivity index (χ0n) is 9.95. The number of hydrogen-bond donors (Lipinski definition) is 1. The molecule has 0 saturated carbocycles. The molecular formula is C14H12Cl2FNO. The van der Waals surface area contributed by atoms with Gasteiger partial charge in [0.25, 0.3) is 0 Å². The summed E-state index contributed by atoms with van der Waals surface area (Å²) in [6, 6.07) is 11.5. The average Bonchev–Trinajstić information content (AvgIpc) is 2.41. The van der Waals surface area contributed by atoms with Crippen LogP contribution in [0.25, 0.3) is 0 Å². The van der Waals surface area contributed by atoms with Gasteiger partial charge >= 0.3 is 0 Å². The molecule has 0 aliphatic rings. The van der Waals surface area contributed by atoms with Crippen LogP contribution in [0.3, 0.4) is 0 Å². The van der Waals surface area contributed by atoms with Crippen molar-refractivity contribution in [1.29, 1.82) is 0 Å². The Bertz CT molecular complexity index is 577. The first-order chi connectivity index (χ1) is 9.11. The summed E-state index contributed by atoms with van der Waals surface area (Å²) in [6.45, 7) is 0.230. The zero-order chi connectivity index (χ0) is 13.8. The van der Waals surface area contributed by atoms with Gasteiger partial charge in [0.15, 0.2) is 0 Å². The van der Waals surface area contributed by atoms with Gasteiger partial charge in [-0.3, -0.25) is 0 Å². The molecule has 2 N–H and O–H groups in total. The van der Waals surface area contributed by atoms with Crippen LogP contribution in [0.5, 0.6) is 5.75 Å². The summed E-state index contributed by atoms with van der Waals surface area (Å²) in [5, 5.41) is 0.613. The molecule has 0 fully saturated rings. The van der Waals surface area contributed by atoms with Crippen LogP contribution in [0.2, 0.25) is 10.0 Å². The molecule has 0 aliphatic heterocycles. The molecule has 5 heteroatoms. The van der Waals surface area contributed by atoms with Crippen molar-refractivity contribution in [2.24, 2.45) is 5.73 Å². The monoisotopic (exact) mass is 299 g/mol. The SMILES string of the molecule is NCC(Oc1ccc(Cl)c(F)c1)c1ccccc1Cl. The van der Waals surface area contributed by atoms with Crippen LogP contribution >= 0.6 is 23.2 Å². The highest BCUT2D eigenvalue weighted by Gasteiger charge is 2.15. The normalized spacial score (nSPS) is 12.2. The molecule has 0 heterocycles. The minimum absolute atomic E-state index is 0.0504. The van der Waals surface area contributed by atoms with Gasteiger partial charge in [-0.15, -0.1) is 0 Å². The van der Waals surface area contributed by atoms with Gasteiger partial charge in [-0.1, -0.05) is 41.4 Å². The van der Waals surface area contributed by atoms with Gasteiger partial charge < -0.3 is 10.5 Å². The molecule has 1 atom stereocenters. The number of halogens is 3. The molecule has 1 unspecified atom stereocenters. The van der Waals surface area contributed by atoms with Gasteiger partial charge in [-0.2, -0.15) is 0 Å². The van der Waals surface area contributed by atoms with E-state index < -0.39 is 11.9 Å². The van der Waals surface area contributed by atoms with E-state index in [1.165, 1.54) is 12.1 Å². The third kappa shape index (κ3) is 3.38. The molecule has 2 aromatic rings. The third-order valence-electron chi connectivity index (χ3n) is 2.64. The Morgan fingerprint density at radius 2 is 1.84 bits per heavy atom. The Morgan fingerprint density at radius 3 is 2.47 bits per heavy atom. The topological polar surface area (TPSA) is 35.2 Å². The minimum atomic E-state index is -0.533. The smallest absolute Gasteiger partial charge is 0.145 e. The lowest BCUT2D eigenvalue weighted by molar-refractivity contribution is 0.213. The molecule has 2 aromatic carbocycles. The highest BCUT2D eigenvalue weighted by molar-refractivity contribution is 6.31. The van der Waals surface area contributed by atoms with Crippen molar-refractivity contribution in [2.75, 3.05) is 6.54 Å². The Morgan fingerprint density at radius 1 is 1.11 bits per heavy atom. The summed E-state index contributed by atoms with van der Waals surface area (Å²) in [5.74, 6) is -0.175. The summed E-state index contributed by atoms with van der Waals surface area (Å²) >= 11 is 11.7. The molecule has 0 spiro atoms. The molecule has 100 valence electrons. The van der Waals surface area contributed by atoms with Crippen molar-refractivity contribution in [3.63, 3.8) is 0 Å². The number of nitrogens with two attached hydrogens (primary N) is 1. The van der Waals surface area contributed by atoms with Crippen molar-refractivity contribution in [3.05, 3.63) is 63.9 Å². The van der Waals surface area contributed by atoms with E-state index in [4.69, 9.17) is 33.7 Å². The van der Waals surface area contributed by atoms with Gasteiger partial charge in [-0.25, -0.2) is 4.39 Å². The van der Waals surface area contributed by atoms with E-state index in [1.807, 2.05) is 18.2 Å². The van der Waals surface area contributed by atoms with E-state index in [9.17, 15) is 4.39 Å². The Hall–Kier alpha value is -1.29. The van der Waals surface area contributed by atoms with Crippen LogP contribution in [0.4, 0.5) is 4.39 Å². The van der Waals surface area contributed by atoms with Crippen LogP contribution in [-0.4, -0.2) is 6.54 Å². The van der Waals surface area contributed by atoms with E-state index in [0.717, 1.165) is 5.56 Å². The number of ether oxygens (including phenoxy) is 1. The molecule has 0 amide bonds. The maximum absolute atomic E-state index is 13.3. The second-order valence-electron chi connectivity index (χ2n) is 3.94. The number of benzene rings is 2. The first-order valence-electron chi connectivity index (χ1n) is 5.68. The highest BCUT2D eigenvalue weighted by atomic mass is 35.5. The van der Waals surface area contributed by atoms with Crippen LogP contribution in [0.1, 0.15) is 11.7 Å². The molecule has 0 aliphatic carbocycles. The predicted molar refractivity (Wildman–Crippen MR) is 75.3 cm³/mol. The summed E-state index contributed by atoms with van der Waals surface area (Å²) < 4.78 is 19.0. The first-order valence-corrected chi connectivity index (χ1v) is 6.43. The quantitative estimate of drug-likeness (QED) is 0.918. The fourth-order valence-corrected chi connectivity index (χ4v) is 2.06. The van der Waals surface area contributed by atoms with Crippen LogP contribution in [0.15, 0.2) is 42.5 Å². The number of hydrogen-bond acceptors (Lipinski definition) is 2. The van der Waals surface area contributed by atoms with Crippen molar-refractivity contribution >= 4 is 23.2 Å². The molecular weight excluding hydrogens is 288 g/mol. The zero-order valence-corrected chi connectivity index (χ0v) is 11.5. The van der Waals surface area contributed by atoms with E-state index in [2.05, 4.69) is 0 Å². The predicted octanol–water partition coefficient (Wildman–Crippen LogP) is 4.21. The van der Waals surface area contributed by atoms with Gasteiger partial charge in [0.1, 0.15) is 17.7 Å². The third-order valence-corrected chi connectivity index (χ3v) is 3.29. The van der Waals surface area contributed by atoms with Crippen molar-refractivity contribution in [2.45, 2.75) is 6.10 Å². The van der Waals surface area contributed by atoms with E-state index in [-0.39, 0.29) is 11.6 Å². The lowest BCUT2D eigenvalue weighted by atomic mass is 10.1. The summed E-state index contributed by atoms with van der Waals surface area (Å²) in [4.78, 5) is 0. The van der Waals surface area contributed by atoms with Crippen LogP contribution in [0, 0.1) is 5.82 Å². The van der Waals surface area contributed by atoms with Gasteiger partial charge in [-0.05, 0) is 18.2 Å². The van der Waals surface area contributed by atoms with Gasteiger partial charge in [0.05, 0.1) is 5.02 Å². The largest absolute Gasteiger partial charge is 0.484 e. The van der Waals surface area contributed by atoms with Crippen molar-refractivity contribution in [3.8, 4) is 5.75 Å². The second-order valence-corrected chi connectivity index (χ2v) is 4.75. The highest BCUT2D eigenvalue weighted by Crippen LogP contribution is 2.28. The Balaban J connectivity index is 2.24. The molecule has 19 heavy (non-hydrogen) atoms. The maximum Gasteiger partial charge on any atom is 0.145 e. The molecule has 0 saturated heterocycles. The van der Waals surface area contributed by atoms with E-state index >= 15 is 0 Å². The standard InChI is InChI=1S/C14H12Cl2FNO/c15-11-4-2-1-3-10(11)14(8-18)19-9-5-6-12(16)13(17)7-9/h1-7,14H,8,18H2. The van der Waals surface area contributed by atoms with E-state index in [1.54, 1.807) is 12.1 Å². The maximum atomic E-state index is 13.3. The fraction of sp³-hybridized carbons (Fsp3) is 0.143. The minimum Gasteiger partial charge on any atom is -0.484 e. The molecule has 2 rings (SSSR count). The summed E-state index contributed by atoms with van der Waals surface area (Å²) in [7, 11) is 0. The first kappa shape index (κ1) is 14.1. The molecule has 2 nitrogen and oxygen atoms in total. The number of rotatable bonds is 4. The molecule has 0 bridgehead atoms. The lowest BCUT2D eigenvalue weighted by Crippen LogP contribution is -2.18. The Labute approximate surface area is 120 Å². The Kier molecular flexibility index (Phi) is 4.64. The second kappa shape index (κ2) is 6.24. The van der Waals surface area contributed by atoms with Crippen molar-refractivity contribution in [1.82, 2.24) is 0 Å². The van der Waals surface area contributed by atoms with Gasteiger partial charge in [0, 0.05) is 23.2 Å². The lowest BCUT2D eigenvalue weighted by Gasteiger charge is -2.19. The van der Waals surface area contributed by atoms with Gasteiger partial charge in [0.2, 0.25) is 0 Å². The van der Waals surface area contributed by atoms with E-state index in [0.29, 0.717) is 10.8 Å². The van der Waals surface area contributed by atoms with Crippen LogP contribution < -0.4 is 10.5 Å². The fourth-order valence-electron chi connectivity index (χ4n) is 1.69.